The van der Waals surface area contributed by atoms with E-state index in [0.29, 0.717) is 6.42 Å². The van der Waals surface area contributed by atoms with Crippen LogP contribution in [0.15, 0.2) is 12.1 Å². The third kappa shape index (κ3) is 5.77. The van der Waals surface area contributed by atoms with Gasteiger partial charge in [0.05, 0.1) is 22.0 Å². The highest BCUT2D eigenvalue weighted by atomic mass is 35.5. The van der Waals surface area contributed by atoms with Crippen LogP contribution in [-0.2, 0) is 4.74 Å². The Bertz CT molecular complexity index is 585. The molecule has 0 atom stereocenters. The highest BCUT2D eigenvalue weighted by Crippen LogP contribution is 2.35. The average Bonchev–Trinajstić information content (AvgIpc) is 2.53. The molecular formula is C15H19ClN2O6. The zero-order valence-electron chi connectivity index (χ0n) is 13.3. The van der Waals surface area contributed by atoms with Gasteiger partial charge in [-0.15, -0.1) is 0 Å². The zero-order chi connectivity index (χ0) is 18.1. The number of hydrogen-bond acceptors (Lipinski definition) is 6. The summed E-state index contributed by atoms with van der Waals surface area (Å²) >= 11 is 5.63. The van der Waals surface area contributed by atoms with Gasteiger partial charge in [0.1, 0.15) is 0 Å². The van der Waals surface area contributed by atoms with E-state index in [1.807, 2.05) is 0 Å². The van der Waals surface area contributed by atoms with Crippen LogP contribution in [0.25, 0.3) is 0 Å². The summed E-state index contributed by atoms with van der Waals surface area (Å²) in [6.07, 6.45) is 6.06. The Balaban J connectivity index is 2.70. The fraction of sp³-hybridized carbons (Fsp3) is 0.533. The van der Waals surface area contributed by atoms with Gasteiger partial charge in [0.2, 0.25) is 0 Å². The number of esters is 1. The van der Waals surface area contributed by atoms with Gasteiger partial charge < -0.3 is 4.74 Å². The lowest BCUT2D eigenvalue weighted by molar-refractivity contribution is -0.393. The number of nitro groups is 2. The van der Waals surface area contributed by atoms with Gasteiger partial charge in [-0.25, -0.2) is 4.79 Å². The molecule has 0 saturated carbocycles. The molecule has 1 aromatic rings. The molecule has 0 aliphatic rings. The third-order valence-corrected chi connectivity index (χ3v) is 3.78. The molecule has 0 spiro atoms. The summed E-state index contributed by atoms with van der Waals surface area (Å²) in [5.41, 5.74) is -1.65. The second-order valence-corrected chi connectivity index (χ2v) is 5.62. The first kappa shape index (κ1) is 19.8. The van der Waals surface area contributed by atoms with Gasteiger partial charge in [0.25, 0.3) is 11.4 Å². The van der Waals surface area contributed by atoms with Crippen LogP contribution in [0.2, 0.25) is 5.02 Å². The number of unbranched alkanes of at least 4 members (excludes halogenated alkanes) is 5. The predicted molar refractivity (Wildman–Crippen MR) is 88.4 cm³/mol. The number of hydrogen-bond donors (Lipinski definition) is 0. The Morgan fingerprint density at radius 1 is 1.04 bits per heavy atom. The maximum Gasteiger partial charge on any atom is 0.338 e. The molecule has 132 valence electrons. The van der Waals surface area contributed by atoms with Crippen LogP contribution < -0.4 is 0 Å². The van der Waals surface area contributed by atoms with Crippen LogP contribution in [0.3, 0.4) is 0 Å². The minimum Gasteiger partial charge on any atom is -0.462 e. The highest BCUT2D eigenvalue weighted by Gasteiger charge is 2.27. The predicted octanol–water partition coefficient (Wildman–Crippen LogP) is 4.67. The first-order chi connectivity index (χ1) is 11.4. The molecule has 0 radical (unpaired) electrons. The highest BCUT2D eigenvalue weighted by molar-refractivity contribution is 6.35. The first-order valence-electron chi connectivity index (χ1n) is 7.68. The number of benzene rings is 1. The van der Waals surface area contributed by atoms with Crippen molar-refractivity contribution >= 4 is 28.9 Å². The number of nitrogens with zero attached hydrogens (tertiary/aromatic N) is 2. The lowest BCUT2D eigenvalue weighted by Gasteiger charge is -2.06. The fourth-order valence-corrected chi connectivity index (χ4v) is 2.36. The van der Waals surface area contributed by atoms with Crippen molar-refractivity contribution in [1.82, 2.24) is 0 Å². The molecule has 24 heavy (non-hydrogen) atoms. The van der Waals surface area contributed by atoms with Gasteiger partial charge in [0, 0.05) is 12.1 Å². The minimum absolute atomic E-state index is 0.162. The van der Waals surface area contributed by atoms with E-state index >= 15 is 0 Å². The Labute approximate surface area is 144 Å². The topological polar surface area (TPSA) is 113 Å². The lowest BCUT2D eigenvalue weighted by atomic mass is 10.1. The maximum absolute atomic E-state index is 11.9. The second kappa shape index (κ2) is 9.82. The van der Waals surface area contributed by atoms with E-state index < -0.39 is 32.2 Å². The Kier molecular flexibility index (Phi) is 8.11. The normalized spacial score (nSPS) is 10.4. The molecule has 0 aromatic heterocycles. The summed E-state index contributed by atoms with van der Waals surface area (Å²) in [5, 5.41) is 21.2. The molecule has 9 heteroatoms. The summed E-state index contributed by atoms with van der Waals surface area (Å²) in [5.74, 6) is -0.841. The smallest absolute Gasteiger partial charge is 0.338 e. The zero-order valence-corrected chi connectivity index (χ0v) is 14.1. The Morgan fingerprint density at radius 3 is 2.04 bits per heavy atom. The summed E-state index contributed by atoms with van der Waals surface area (Å²) in [7, 11) is 0. The SMILES string of the molecule is CCCCCCCCOC(=O)c1cc([N+](=O)[O-])c(Cl)c([N+](=O)[O-])c1. The summed E-state index contributed by atoms with van der Waals surface area (Å²) < 4.78 is 5.02. The molecule has 1 rings (SSSR count). The van der Waals surface area contributed by atoms with Crippen LogP contribution >= 0.6 is 11.6 Å². The van der Waals surface area contributed by atoms with Crippen molar-refractivity contribution in [2.45, 2.75) is 45.4 Å². The summed E-state index contributed by atoms with van der Waals surface area (Å²) in [6, 6.07) is 1.78. The van der Waals surface area contributed by atoms with Crippen LogP contribution in [0.1, 0.15) is 55.8 Å². The summed E-state index contributed by atoms with van der Waals surface area (Å²) in [6.45, 7) is 2.28. The van der Waals surface area contributed by atoms with Crippen molar-refractivity contribution in [3.05, 3.63) is 42.9 Å². The van der Waals surface area contributed by atoms with Gasteiger partial charge >= 0.3 is 5.97 Å². The van der Waals surface area contributed by atoms with Gasteiger partial charge in [0.15, 0.2) is 5.02 Å². The minimum atomic E-state index is -0.875. The number of ether oxygens (including phenoxy) is 1. The van der Waals surface area contributed by atoms with Crippen molar-refractivity contribution in [2.24, 2.45) is 0 Å². The molecule has 0 amide bonds. The number of rotatable bonds is 10. The number of nitro benzene ring substituents is 2. The summed E-state index contributed by atoms with van der Waals surface area (Å²) in [4.78, 5) is 32.0. The van der Waals surface area contributed by atoms with Gasteiger partial charge in [-0.05, 0) is 6.42 Å². The number of halogens is 1. The van der Waals surface area contributed by atoms with Gasteiger partial charge in [-0.3, -0.25) is 20.2 Å². The Hall–Kier alpha value is -2.22. The van der Waals surface area contributed by atoms with Crippen LogP contribution in [0.4, 0.5) is 11.4 Å². The number of carbonyl (C=O) groups is 1. The van der Waals surface area contributed by atoms with E-state index in [2.05, 4.69) is 6.92 Å². The molecule has 0 heterocycles. The van der Waals surface area contributed by atoms with Crippen molar-refractivity contribution in [3.63, 3.8) is 0 Å². The Morgan fingerprint density at radius 2 is 1.54 bits per heavy atom. The van der Waals surface area contributed by atoms with Gasteiger partial charge in [-0.1, -0.05) is 50.6 Å². The van der Waals surface area contributed by atoms with E-state index in [9.17, 15) is 25.0 Å². The fourth-order valence-electron chi connectivity index (χ4n) is 2.11. The third-order valence-electron chi connectivity index (χ3n) is 3.39. The average molecular weight is 359 g/mol. The number of carbonyl (C=O) groups excluding carboxylic acids is 1. The molecule has 0 saturated heterocycles. The lowest BCUT2D eigenvalue weighted by Crippen LogP contribution is -2.08. The molecule has 0 aliphatic heterocycles. The van der Waals surface area contributed by atoms with Crippen molar-refractivity contribution in [1.29, 1.82) is 0 Å². The van der Waals surface area contributed by atoms with Crippen molar-refractivity contribution < 1.29 is 19.4 Å². The first-order valence-corrected chi connectivity index (χ1v) is 8.05. The van der Waals surface area contributed by atoms with E-state index in [1.165, 1.54) is 0 Å². The van der Waals surface area contributed by atoms with Gasteiger partial charge in [-0.2, -0.15) is 0 Å². The molecule has 0 aliphatic carbocycles. The quantitative estimate of drug-likeness (QED) is 0.260. The molecule has 1 aromatic carbocycles. The maximum atomic E-state index is 11.9. The molecule has 0 fully saturated rings. The van der Waals surface area contributed by atoms with Crippen LogP contribution in [0, 0.1) is 20.2 Å². The van der Waals surface area contributed by atoms with Crippen molar-refractivity contribution in [3.8, 4) is 0 Å². The van der Waals surface area contributed by atoms with E-state index in [-0.39, 0.29) is 12.2 Å². The molecule has 0 N–H and O–H groups in total. The standard InChI is InChI=1S/C15H19ClN2O6/c1-2-3-4-5-6-7-8-24-15(19)11-9-12(17(20)21)14(16)13(10-11)18(22)23/h9-10H,2-8H2,1H3. The molecule has 0 bridgehead atoms. The van der Waals surface area contributed by atoms with Crippen LogP contribution in [-0.4, -0.2) is 22.4 Å². The van der Waals surface area contributed by atoms with E-state index in [4.69, 9.17) is 16.3 Å². The van der Waals surface area contributed by atoms with Crippen LogP contribution in [0.5, 0.6) is 0 Å². The molecule has 8 nitrogen and oxygen atoms in total. The monoisotopic (exact) mass is 358 g/mol. The van der Waals surface area contributed by atoms with Crippen molar-refractivity contribution in [2.75, 3.05) is 6.61 Å². The van der Waals surface area contributed by atoms with E-state index in [1.54, 1.807) is 0 Å². The second-order valence-electron chi connectivity index (χ2n) is 5.25. The largest absolute Gasteiger partial charge is 0.462 e. The molecule has 0 unspecified atom stereocenters. The molecular weight excluding hydrogens is 340 g/mol. The van der Waals surface area contributed by atoms with E-state index in [0.717, 1.165) is 44.2 Å².